The molecule has 0 atom stereocenters. The van der Waals surface area contributed by atoms with Gasteiger partial charge in [0, 0.05) is 18.4 Å². The van der Waals surface area contributed by atoms with Crippen LogP contribution in [0.25, 0.3) is 0 Å². The molecular formula is C14H18BrClN2O3. The molecular weight excluding hydrogens is 360 g/mol. The predicted molar refractivity (Wildman–Crippen MR) is 83.8 cm³/mol. The molecule has 1 N–H and O–H groups in total. The number of carbonyl (C=O) groups is 1. The fourth-order valence-electron chi connectivity index (χ4n) is 1.84. The highest BCUT2D eigenvalue weighted by Crippen LogP contribution is 2.32. The Balaban J connectivity index is 1.77. The average molecular weight is 378 g/mol. The minimum absolute atomic E-state index is 0.0142. The van der Waals surface area contributed by atoms with Crippen molar-refractivity contribution < 1.29 is 14.3 Å². The lowest BCUT2D eigenvalue weighted by Crippen LogP contribution is -2.46. The number of pyridine rings is 1. The van der Waals surface area contributed by atoms with Gasteiger partial charge in [0.2, 0.25) is 5.88 Å². The largest absolute Gasteiger partial charge is 0.473 e. The van der Waals surface area contributed by atoms with Crippen LogP contribution in [-0.4, -0.2) is 28.8 Å². The lowest BCUT2D eigenvalue weighted by molar-refractivity contribution is -0.0262. The number of aromatic nitrogens is 1. The van der Waals surface area contributed by atoms with E-state index in [1.807, 2.05) is 20.8 Å². The van der Waals surface area contributed by atoms with Gasteiger partial charge in [-0.05, 0) is 48.8 Å². The van der Waals surface area contributed by atoms with Crippen LogP contribution in [0.3, 0.4) is 0 Å². The number of nitrogens with one attached hydrogen (secondary N) is 1. The number of hydrogen-bond acceptors (Lipinski definition) is 4. The van der Waals surface area contributed by atoms with Crippen LogP contribution in [0.1, 0.15) is 33.6 Å². The van der Waals surface area contributed by atoms with E-state index in [0.717, 1.165) is 4.47 Å². The lowest BCUT2D eigenvalue weighted by atomic mass is 9.92. The van der Waals surface area contributed by atoms with Gasteiger partial charge in [0.1, 0.15) is 17.4 Å². The molecule has 1 saturated carbocycles. The summed E-state index contributed by atoms with van der Waals surface area (Å²) in [6, 6.07) is 3.47. The number of alkyl carbamates (subject to hydrolysis) is 1. The summed E-state index contributed by atoms with van der Waals surface area (Å²) in [6.45, 7) is 5.72. The first kappa shape index (κ1) is 16.4. The van der Waals surface area contributed by atoms with Crippen molar-refractivity contribution in [2.45, 2.75) is 51.4 Å². The van der Waals surface area contributed by atoms with Crippen LogP contribution in [0.15, 0.2) is 16.6 Å². The Morgan fingerprint density at radius 3 is 2.67 bits per heavy atom. The van der Waals surface area contributed by atoms with E-state index in [4.69, 9.17) is 21.1 Å². The Morgan fingerprint density at radius 2 is 2.05 bits per heavy atom. The van der Waals surface area contributed by atoms with Gasteiger partial charge in [-0.2, -0.15) is 0 Å². The summed E-state index contributed by atoms with van der Waals surface area (Å²) in [5, 5.41) is 3.14. The second kappa shape index (κ2) is 6.40. The SMILES string of the molecule is CC(C)(C)NC(=O)OC1CC(Oc2nc(Cl)ccc2Br)C1. The topological polar surface area (TPSA) is 60.5 Å². The van der Waals surface area contributed by atoms with Crippen molar-refractivity contribution in [1.82, 2.24) is 10.3 Å². The van der Waals surface area contributed by atoms with Crippen molar-refractivity contribution >= 4 is 33.6 Å². The van der Waals surface area contributed by atoms with E-state index in [-0.39, 0.29) is 17.7 Å². The number of hydrogen-bond donors (Lipinski definition) is 1. The fourth-order valence-corrected chi connectivity index (χ4v) is 2.29. The molecule has 116 valence electrons. The maximum Gasteiger partial charge on any atom is 0.407 e. The number of ether oxygens (including phenoxy) is 2. The van der Waals surface area contributed by atoms with Gasteiger partial charge in [0.05, 0.1) is 4.47 Å². The molecule has 7 heteroatoms. The lowest BCUT2D eigenvalue weighted by Gasteiger charge is -2.35. The molecule has 0 unspecified atom stereocenters. The van der Waals surface area contributed by atoms with Crippen LogP contribution in [0.5, 0.6) is 5.88 Å². The van der Waals surface area contributed by atoms with E-state index in [1.165, 1.54) is 0 Å². The van der Waals surface area contributed by atoms with Crippen molar-refractivity contribution in [2.75, 3.05) is 0 Å². The molecule has 5 nitrogen and oxygen atoms in total. The van der Waals surface area contributed by atoms with Crippen LogP contribution in [0, 0.1) is 0 Å². The van der Waals surface area contributed by atoms with E-state index >= 15 is 0 Å². The van der Waals surface area contributed by atoms with Gasteiger partial charge in [-0.3, -0.25) is 0 Å². The van der Waals surface area contributed by atoms with Gasteiger partial charge in [-0.25, -0.2) is 9.78 Å². The van der Waals surface area contributed by atoms with E-state index in [2.05, 4.69) is 26.2 Å². The van der Waals surface area contributed by atoms with Gasteiger partial charge in [0.15, 0.2) is 0 Å². The van der Waals surface area contributed by atoms with Crippen LogP contribution in [0.4, 0.5) is 4.79 Å². The Kier molecular flexibility index (Phi) is 4.99. The van der Waals surface area contributed by atoms with E-state index in [1.54, 1.807) is 12.1 Å². The molecule has 0 radical (unpaired) electrons. The number of nitrogens with zero attached hydrogens (tertiary/aromatic N) is 1. The third-order valence-electron chi connectivity index (χ3n) is 2.86. The molecule has 1 aliphatic rings. The van der Waals surface area contributed by atoms with Crippen LogP contribution in [-0.2, 0) is 4.74 Å². The Morgan fingerprint density at radius 1 is 1.38 bits per heavy atom. The first-order valence-corrected chi connectivity index (χ1v) is 7.87. The summed E-state index contributed by atoms with van der Waals surface area (Å²) in [5.74, 6) is 0.463. The van der Waals surface area contributed by atoms with Gasteiger partial charge in [0.25, 0.3) is 0 Å². The molecule has 0 aromatic carbocycles. The maximum atomic E-state index is 11.6. The first-order chi connectivity index (χ1) is 9.73. The minimum atomic E-state index is -0.395. The van der Waals surface area contributed by atoms with Crippen LogP contribution >= 0.6 is 27.5 Å². The summed E-state index contributed by atoms with van der Waals surface area (Å²) < 4.78 is 11.8. The molecule has 21 heavy (non-hydrogen) atoms. The van der Waals surface area contributed by atoms with Crippen molar-refractivity contribution in [3.05, 3.63) is 21.8 Å². The molecule has 1 aliphatic carbocycles. The summed E-state index contributed by atoms with van der Waals surface area (Å²) >= 11 is 9.19. The number of rotatable bonds is 3. The summed E-state index contributed by atoms with van der Waals surface area (Å²) in [7, 11) is 0. The average Bonchev–Trinajstić information content (AvgIpc) is 2.28. The normalized spacial score (nSPS) is 21.4. The van der Waals surface area contributed by atoms with Crippen molar-refractivity contribution in [3.8, 4) is 5.88 Å². The standard InChI is InChI=1S/C14H18BrClN2O3/c1-14(2,3)18-13(19)21-9-6-8(7-9)20-12-10(15)4-5-11(16)17-12/h4-5,8-9H,6-7H2,1-3H3,(H,18,19). The molecule has 0 bridgehead atoms. The summed E-state index contributed by atoms with van der Waals surface area (Å²) in [5.41, 5.74) is -0.299. The number of amides is 1. The zero-order chi connectivity index (χ0) is 15.6. The first-order valence-electron chi connectivity index (χ1n) is 6.70. The monoisotopic (exact) mass is 376 g/mol. The third-order valence-corrected chi connectivity index (χ3v) is 3.67. The fraction of sp³-hybridized carbons (Fsp3) is 0.571. The highest BCUT2D eigenvalue weighted by molar-refractivity contribution is 9.10. The molecule has 1 amide bonds. The van der Waals surface area contributed by atoms with Crippen molar-refractivity contribution in [1.29, 1.82) is 0 Å². The molecule has 0 saturated heterocycles. The summed E-state index contributed by atoms with van der Waals surface area (Å²) in [6.07, 6.45) is 0.777. The molecule has 2 rings (SSSR count). The zero-order valence-corrected chi connectivity index (χ0v) is 14.5. The molecule has 1 aromatic rings. The number of halogens is 2. The molecule has 0 spiro atoms. The smallest absolute Gasteiger partial charge is 0.407 e. The van der Waals surface area contributed by atoms with E-state index in [0.29, 0.717) is 23.9 Å². The van der Waals surface area contributed by atoms with Crippen LogP contribution in [0.2, 0.25) is 5.15 Å². The van der Waals surface area contributed by atoms with E-state index in [9.17, 15) is 4.79 Å². The highest BCUT2D eigenvalue weighted by Gasteiger charge is 2.35. The zero-order valence-electron chi connectivity index (χ0n) is 12.2. The van der Waals surface area contributed by atoms with Gasteiger partial charge in [-0.15, -0.1) is 0 Å². The third kappa shape index (κ3) is 5.04. The van der Waals surface area contributed by atoms with Crippen molar-refractivity contribution in [2.24, 2.45) is 0 Å². The van der Waals surface area contributed by atoms with Crippen LogP contribution < -0.4 is 10.1 Å². The Bertz CT molecular complexity index is 527. The highest BCUT2D eigenvalue weighted by atomic mass is 79.9. The molecule has 1 heterocycles. The Hall–Kier alpha value is -1.01. The quantitative estimate of drug-likeness (QED) is 0.811. The Labute approximate surface area is 137 Å². The van der Waals surface area contributed by atoms with Gasteiger partial charge < -0.3 is 14.8 Å². The predicted octanol–water partition coefficient (Wildman–Crippen LogP) is 3.93. The van der Waals surface area contributed by atoms with E-state index < -0.39 is 6.09 Å². The number of carbonyl (C=O) groups excluding carboxylic acids is 1. The van der Waals surface area contributed by atoms with Gasteiger partial charge >= 0.3 is 6.09 Å². The molecule has 1 aromatic heterocycles. The second-order valence-corrected chi connectivity index (χ2v) is 7.28. The minimum Gasteiger partial charge on any atom is -0.473 e. The van der Waals surface area contributed by atoms with Crippen molar-refractivity contribution in [3.63, 3.8) is 0 Å². The summed E-state index contributed by atoms with van der Waals surface area (Å²) in [4.78, 5) is 15.7. The molecule has 0 aliphatic heterocycles. The van der Waals surface area contributed by atoms with Gasteiger partial charge in [-0.1, -0.05) is 11.6 Å². The second-order valence-electron chi connectivity index (χ2n) is 6.03. The molecule has 1 fully saturated rings. The maximum absolute atomic E-state index is 11.6.